The summed E-state index contributed by atoms with van der Waals surface area (Å²) in [7, 11) is 1.55. The highest BCUT2D eigenvalue weighted by molar-refractivity contribution is 7.98. The van der Waals surface area contributed by atoms with Gasteiger partial charge in [0, 0.05) is 16.7 Å². The zero-order chi connectivity index (χ0) is 18.2. The summed E-state index contributed by atoms with van der Waals surface area (Å²) in [5.74, 6) is 0.812. The molecule has 0 aromatic heterocycles. The molecule has 0 aliphatic carbocycles. The highest BCUT2D eigenvalue weighted by Gasteiger charge is 2.10. The van der Waals surface area contributed by atoms with Crippen LogP contribution in [0.1, 0.15) is 12.5 Å². The first-order valence-electron chi connectivity index (χ1n) is 7.70. The summed E-state index contributed by atoms with van der Waals surface area (Å²) in [5, 5.41) is 3.27. The monoisotopic (exact) mass is 377 g/mol. The lowest BCUT2D eigenvalue weighted by Gasteiger charge is -2.11. The molecule has 132 valence electrons. The van der Waals surface area contributed by atoms with Crippen LogP contribution >= 0.6 is 23.4 Å². The minimum Gasteiger partial charge on any atom is -0.493 e. The van der Waals surface area contributed by atoms with Crippen LogP contribution in [0.4, 0.5) is 5.69 Å². The van der Waals surface area contributed by atoms with Crippen molar-refractivity contribution in [3.05, 3.63) is 53.1 Å². The Bertz CT molecular complexity index is 777. The summed E-state index contributed by atoms with van der Waals surface area (Å²) in [6.45, 7) is 2.36. The van der Waals surface area contributed by atoms with Crippen LogP contribution in [0.3, 0.4) is 0 Å². The quantitative estimate of drug-likeness (QED) is 0.537. The largest absolute Gasteiger partial charge is 0.493 e. The highest BCUT2D eigenvalue weighted by Crippen LogP contribution is 2.36. The number of benzene rings is 2. The van der Waals surface area contributed by atoms with E-state index in [1.807, 2.05) is 37.4 Å². The number of amides is 1. The molecule has 0 bridgehead atoms. The molecular formula is C19H20ClNO3S. The third kappa shape index (κ3) is 5.44. The van der Waals surface area contributed by atoms with Crippen molar-refractivity contribution in [1.29, 1.82) is 0 Å². The lowest BCUT2D eigenvalue weighted by Crippen LogP contribution is -2.07. The number of carbonyl (C=O) groups is 1. The molecule has 0 unspecified atom stereocenters. The van der Waals surface area contributed by atoms with Gasteiger partial charge in [-0.25, -0.2) is 0 Å². The predicted molar refractivity (Wildman–Crippen MR) is 105 cm³/mol. The van der Waals surface area contributed by atoms with Gasteiger partial charge in [0.25, 0.3) is 0 Å². The number of methoxy groups -OCH3 is 1. The van der Waals surface area contributed by atoms with Crippen LogP contribution in [-0.2, 0) is 4.79 Å². The van der Waals surface area contributed by atoms with Gasteiger partial charge in [0.1, 0.15) is 0 Å². The Morgan fingerprint density at radius 3 is 2.80 bits per heavy atom. The number of hydrogen-bond donors (Lipinski definition) is 1. The molecule has 2 aromatic rings. The van der Waals surface area contributed by atoms with E-state index >= 15 is 0 Å². The van der Waals surface area contributed by atoms with Crippen LogP contribution < -0.4 is 14.8 Å². The Kier molecular flexibility index (Phi) is 7.22. The summed E-state index contributed by atoms with van der Waals surface area (Å²) in [6, 6.07) is 11.2. The number of carbonyl (C=O) groups excluding carboxylic acids is 1. The van der Waals surface area contributed by atoms with Crippen molar-refractivity contribution < 1.29 is 14.3 Å². The van der Waals surface area contributed by atoms with Gasteiger partial charge in [-0.05, 0) is 55.2 Å². The van der Waals surface area contributed by atoms with Crippen molar-refractivity contribution in [3.63, 3.8) is 0 Å². The van der Waals surface area contributed by atoms with Crippen molar-refractivity contribution >= 4 is 41.0 Å². The molecule has 0 aliphatic heterocycles. The molecule has 25 heavy (non-hydrogen) atoms. The average Bonchev–Trinajstić information content (AvgIpc) is 2.62. The van der Waals surface area contributed by atoms with E-state index in [0.29, 0.717) is 23.1 Å². The average molecular weight is 378 g/mol. The third-order valence-corrected chi connectivity index (χ3v) is 4.31. The zero-order valence-electron chi connectivity index (χ0n) is 14.3. The Morgan fingerprint density at radius 2 is 2.12 bits per heavy atom. The summed E-state index contributed by atoms with van der Waals surface area (Å²) in [6.07, 6.45) is 5.12. The lowest BCUT2D eigenvalue weighted by molar-refractivity contribution is -0.111. The van der Waals surface area contributed by atoms with Crippen LogP contribution in [0.15, 0.2) is 47.4 Å². The van der Waals surface area contributed by atoms with E-state index in [-0.39, 0.29) is 5.91 Å². The maximum atomic E-state index is 12.1. The Labute approximate surface area is 157 Å². The van der Waals surface area contributed by atoms with E-state index in [9.17, 15) is 4.79 Å². The Balaban J connectivity index is 2.12. The van der Waals surface area contributed by atoms with E-state index < -0.39 is 0 Å². The number of hydrogen-bond acceptors (Lipinski definition) is 4. The smallest absolute Gasteiger partial charge is 0.248 e. The summed E-state index contributed by atoms with van der Waals surface area (Å²) >= 11 is 7.85. The van der Waals surface area contributed by atoms with E-state index in [0.717, 1.165) is 16.1 Å². The molecule has 1 amide bonds. The first kappa shape index (κ1) is 19.2. The molecule has 2 aromatic carbocycles. The van der Waals surface area contributed by atoms with Gasteiger partial charge in [-0.1, -0.05) is 17.7 Å². The normalized spacial score (nSPS) is 10.7. The number of halogens is 1. The molecule has 2 rings (SSSR count). The van der Waals surface area contributed by atoms with Gasteiger partial charge in [0.2, 0.25) is 5.91 Å². The van der Waals surface area contributed by atoms with Crippen molar-refractivity contribution in [2.24, 2.45) is 0 Å². The zero-order valence-corrected chi connectivity index (χ0v) is 15.9. The molecule has 0 saturated carbocycles. The number of nitrogens with one attached hydrogen (secondary N) is 1. The maximum Gasteiger partial charge on any atom is 0.248 e. The molecule has 0 saturated heterocycles. The number of rotatable bonds is 7. The second-order valence-electron chi connectivity index (χ2n) is 5.02. The SMILES string of the molecule is CCOc1c(Cl)cc(/C=C/C(=O)Nc2cccc(SC)c2)cc1OC. The van der Waals surface area contributed by atoms with Gasteiger partial charge in [-0.2, -0.15) is 0 Å². The lowest BCUT2D eigenvalue weighted by atomic mass is 10.2. The minimum atomic E-state index is -0.220. The second-order valence-corrected chi connectivity index (χ2v) is 6.31. The molecule has 0 heterocycles. The topological polar surface area (TPSA) is 47.6 Å². The third-order valence-electron chi connectivity index (χ3n) is 3.30. The van der Waals surface area contributed by atoms with Crippen molar-refractivity contribution in [2.75, 3.05) is 25.3 Å². The van der Waals surface area contributed by atoms with Crippen LogP contribution in [0.5, 0.6) is 11.5 Å². The van der Waals surface area contributed by atoms with Gasteiger partial charge in [0.05, 0.1) is 18.7 Å². The summed E-state index contributed by atoms with van der Waals surface area (Å²) < 4.78 is 10.8. The molecule has 0 spiro atoms. The van der Waals surface area contributed by atoms with Crippen LogP contribution in [-0.4, -0.2) is 25.9 Å². The fraction of sp³-hybridized carbons (Fsp3) is 0.211. The maximum absolute atomic E-state index is 12.1. The van der Waals surface area contributed by atoms with Crippen molar-refractivity contribution in [2.45, 2.75) is 11.8 Å². The Morgan fingerprint density at radius 1 is 1.32 bits per heavy atom. The standard InChI is InChI=1S/C19H20ClNO3S/c1-4-24-19-16(20)10-13(11-17(19)23-2)8-9-18(22)21-14-6-5-7-15(12-14)25-3/h5-12H,4H2,1-3H3,(H,21,22)/b9-8+. The predicted octanol–water partition coefficient (Wildman–Crippen LogP) is 5.12. The molecule has 0 atom stereocenters. The molecule has 0 aliphatic rings. The van der Waals surface area contributed by atoms with Crippen LogP contribution in [0.25, 0.3) is 6.08 Å². The molecule has 6 heteroatoms. The van der Waals surface area contributed by atoms with Gasteiger partial charge in [-0.15, -0.1) is 11.8 Å². The van der Waals surface area contributed by atoms with Crippen LogP contribution in [0.2, 0.25) is 5.02 Å². The number of ether oxygens (including phenoxy) is 2. The number of anilines is 1. The number of thioether (sulfide) groups is 1. The first-order valence-corrected chi connectivity index (χ1v) is 9.31. The van der Waals surface area contributed by atoms with E-state index in [4.69, 9.17) is 21.1 Å². The highest BCUT2D eigenvalue weighted by atomic mass is 35.5. The van der Waals surface area contributed by atoms with E-state index in [1.165, 1.54) is 6.08 Å². The molecule has 0 fully saturated rings. The van der Waals surface area contributed by atoms with Gasteiger partial charge in [0.15, 0.2) is 11.5 Å². The first-order chi connectivity index (χ1) is 12.1. The van der Waals surface area contributed by atoms with Crippen molar-refractivity contribution in [1.82, 2.24) is 0 Å². The van der Waals surface area contributed by atoms with Gasteiger partial charge in [-0.3, -0.25) is 4.79 Å². The van der Waals surface area contributed by atoms with E-state index in [1.54, 1.807) is 37.1 Å². The Hall–Kier alpha value is -2.11. The minimum absolute atomic E-state index is 0.220. The summed E-state index contributed by atoms with van der Waals surface area (Å²) in [4.78, 5) is 13.2. The fourth-order valence-electron chi connectivity index (χ4n) is 2.18. The molecule has 0 radical (unpaired) electrons. The molecule has 4 nitrogen and oxygen atoms in total. The van der Waals surface area contributed by atoms with Crippen molar-refractivity contribution in [3.8, 4) is 11.5 Å². The van der Waals surface area contributed by atoms with Crippen LogP contribution in [0, 0.1) is 0 Å². The van der Waals surface area contributed by atoms with Gasteiger partial charge >= 0.3 is 0 Å². The summed E-state index contributed by atoms with van der Waals surface area (Å²) in [5.41, 5.74) is 1.50. The van der Waals surface area contributed by atoms with E-state index in [2.05, 4.69) is 5.32 Å². The fourth-order valence-corrected chi connectivity index (χ4v) is 2.91. The molecular weight excluding hydrogens is 358 g/mol. The van der Waals surface area contributed by atoms with Gasteiger partial charge < -0.3 is 14.8 Å². The second kappa shape index (κ2) is 9.39. The molecule has 1 N–H and O–H groups in total.